The summed E-state index contributed by atoms with van der Waals surface area (Å²) in [5.74, 6) is 0.789. The summed E-state index contributed by atoms with van der Waals surface area (Å²) >= 11 is 1.36. The lowest BCUT2D eigenvalue weighted by Gasteiger charge is -2.04. The summed E-state index contributed by atoms with van der Waals surface area (Å²) in [6.07, 6.45) is 4.25. The standard InChI is InChI=1S/C18H11N3O2S/c22-9-15-5-13(10-24-15)18-20-8-17-16(21-18)6-12(7-19-17)11-1-3-14(23)4-2-11/h1-10,23H. The fourth-order valence-electron chi connectivity index (χ4n) is 2.40. The molecule has 3 aromatic heterocycles. The lowest BCUT2D eigenvalue weighted by molar-refractivity contribution is 0.112. The number of carbonyl (C=O) groups excluding carboxylic acids is 1. The zero-order chi connectivity index (χ0) is 16.5. The summed E-state index contributed by atoms with van der Waals surface area (Å²) in [6.45, 7) is 0. The highest BCUT2D eigenvalue weighted by molar-refractivity contribution is 7.12. The van der Waals surface area contributed by atoms with Crippen LogP contribution in [-0.4, -0.2) is 26.3 Å². The van der Waals surface area contributed by atoms with Crippen LogP contribution in [0.25, 0.3) is 33.5 Å². The Hall–Kier alpha value is -3.12. The van der Waals surface area contributed by atoms with Gasteiger partial charge in [0.2, 0.25) is 0 Å². The number of carbonyl (C=O) groups is 1. The smallest absolute Gasteiger partial charge is 0.160 e. The monoisotopic (exact) mass is 333 g/mol. The van der Waals surface area contributed by atoms with Crippen LogP contribution in [0.5, 0.6) is 5.75 Å². The predicted octanol–water partition coefficient (Wildman–Crippen LogP) is 3.94. The minimum atomic E-state index is 0.223. The Morgan fingerprint density at radius 2 is 1.75 bits per heavy atom. The Morgan fingerprint density at radius 3 is 2.50 bits per heavy atom. The van der Waals surface area contributed by atoms with Gasteiger partial charge in [-0.25, -0.2) is 9.97 Å². The van der Waals surface area contributed by atoms with Crippen molar-refractivity contribution in [1.29, 1.82) is 0 Å². The molecule has 0 aliphatic heterocycles. The van der Waals surface area contributed by atoms with Crippen LogP contribution in [0, 0.1) is 0 Å². The molecule has 24 heavy (non-hydrogen) atoms. The molecule has 0 saturated heterocycles. The first kappa shape index (κ1) is 14.5. The van der Waals surface area contributed by atoms with Gasteiger partial charge in [-0.05, 0) is 29.8 Å². The molecule has 5 nitrogen and oxygen atoms in total. The molecule has 0 bridgehead atoms. The highest BCUT2D eigenvalue weighted by Crippen LogP contribution is 2.26. The number of fused-ring (bicyclic) bond motifs is 1. The Bertz CT molecular complexity index is 1040. The minimum Gasteiger partial charge on any atom is -0.508 e. The van der Waals surface area contributed by atoms with Crippen molar-refractivity contribution >= 4 is 28.7 Å². The van der Waals surface area contributed by atoms with Crippen LogP contribution in [0.3, 0.4) is 0 Å². The van der Waals surface area contributed by atoms with Gasteiger partial charge in [-0.15, -0.1) is 11.3 Å². The van der Waals surface area contributed by atoms with Gasteiger partial charge in [0.25, 0.3) is 0 Å². The maximum absolute atomic E-state index is 10.8. The van der Waals surface area contributed by atoms with Crippen molar-refractivity contribution < 1.29 is 9.90 Å². The van der Waals surface area contributed by atoms with Crippen molar-refractivity contribution in [2.75, 3.05) is 0 Å². The molecule has 1 N–H and O–H groups in total. The van der Waals surface area contributed by atoms with Crippen LogP contribution in [0.1, 0.15) is 9.67 Å². The summed E-state index contributed by atoms with van der Waals surface area (Å²) < 4.78 is 0. The first-order valence-electron chi connectivity index (χ1n) is 7.19. The molecule has 3 heterocycles. The average Bonchev–Trinajstić information content (AvgIpc) is 3.11. The third-order valence-electron chi connectivity index (χ3n) is 3.63. The lowest BCUT2D eigenvalue weighted by atomic mass is 10.1. The van der Waals surface area contributed by atoms with E-state index in [1.165, 1.54) is 11.3 Å². The maximum Gasteiger partial charge on any atom is 0.160 e. The van der Waals surface area contributed by atoms with Gasteiger partial charge in [-0.1, -0.05) is 12.1 Å². The topological polar surface area (TPSA) is 76.0 Å². The molecule has 0 aliphatic carbocycles. The van der Waals surface area contributed by atoms with Gasteiger partial charge in [0.1, 0.15) is 11.3 Å². The van der Waals surface area contributed by atoms with Crippen molar-refractivity contribution in [3.8, 4) is 28.3 Å². The number of aldehydes is 1. The van der Waals surface area contributed by atoms with E-state index in [0.717, 1.165) is 28.5 Å². The number of benzene rings is 1. The van der Waals surface area contributed by atoms with Gasteiger partial charge in [0.05, 0.1) is 16.6 Å². The van der Waals surface area contributed by atoms with Gasteiger partial charge in [-0.3, -0.25) is 9.78 Å². The van der Waals surface area contributed by atoms with E-state index in [0.29, 0.717) is 16.2 Å². The maximum atomic E-state index is 10.8. The largest absolute Gasteiger partial charge is 0.508 e. The van der Waals surface area contributed by atoms with E-state index in [4.69, 9.17) is 0 Å². The molecule has 0 amide bonds. The molecular formula is C18H11N3O2S. The molecule has 0 aliphatic rings. The molecule has 4 aromatic rings. The highest BCUT2D eigenvalue weighted by atomic mass is 32.1. The van der Waals surface area contributed by atoms with E-state index in [-0.39, 0.29) is 5.75 Å². The number of phenolic OH excluding ortho intramolecular Hbond substituents is 1. The van der Waals surface area contributed by atoms with E-state index in [9.17, 15) is 9.90 Å². The molecule has 6 heteroatoms. The van der Waals surface area contributed by atoms with Crippen molar-refractivity contribution in [3.05, 3.63) is 59.0 Å². The van der Waals surface area contributed by atoms with Crippen molar-refractivity contribution in [1.82, 2.24) is 15.0 Å². The molecule has 1 aromatic carbocycles. The molecule has 0 unspecified atom stereocenters. The number of pyridine rings is 1. The Kier molecular flexibility index (Phi) is 3.51. The van der Waals surface area contributed by atoms with Crippen LogP contribution < -0.4 is 0 Å². The van der Waals surface area contributed by atoms with Crippen molar-refractivity contribution in [2.45, 2.75) is 0 Å². The summed E-state index contributed by atoms with van der Waals surface area (Å²) in [6, 6.07) is 10.6. The van der Waals surface area contributed by atoms with Crippen LogP contribution in [-0.2, 0) is 0 Å². The van der Waals surface area contributed by atoms with Crippen LogP contribution in [0.15, 0.2) is 54.2 Å². The second-order valence-corrected chi connectivity index (χ2v) is 6.17. The van der Waals surface area contributed by atoms with Crippen molar-refractivity contribution in [2.24, 2.45) is 0 Å². The number of aromatic hydroxyl groups is 1. The fraction of sp³-hybridized carbons (Fsp3) is 0. The van der Waals surface area contributed by atoms with Gasteiger partial charge < -0.3 is 5.11 Å². The molecule has 0 fully saturated rings. The lowest BCUT2D eigenvalue weighted by Crippen LogP contribution is -1.91. The number of rotatable bonds is 3. The Labute approximate surface area is 141 Å². The predicted molar refractivity (Wildman–Crippen MR) is 93.1 cm³/mol. The van der Waals surface area contributed by atoms with E-state index in [1.54, 1.807) is 30.6 Å². The molecule has 0 radical (unpaired) electrons. The van der Waals surface area contributed by atoms with Crippen LogP contribution in [0.4, 0.5) is 0 Å². The normalized spacial score (nSPS) is 10.8. The van der Waals surface area contributed by atoms with Crippen LogP contribution in [0.2, 0.25) is 0 Å². The van der Waals surface area contributed by atoms with E-state index >= 15 is 0 Å². The fourth-order valence-corrected chi connectivity index (χ4v) is 3.09. The van der Waals surface area contributed by atoms with Gasteiger partial charge in [0.15, 0.2) is 12.1 Å². The summed E-state index contributed by atoms with van der Waals surface area (Å²) in [7, 11) is 0. The molecule has 4 rings (SSSR count). The Morgan fingerprint density at radius 1 is 0.917 bits per heavy atom. The van der Waals surface area contributed by atoms with E-state index in [1.807, 2.05) is 23.6 Å². The number of aromatic nitrogens is 3. The van der Waals surface area contributed by atoms with Crippen LogP contribution >= 0.6 is 11.3 Å². The summed E-state index contributed by atoms with van der Waals surface area (Å²) in [4.78, 5) is 24.8. The average molecular weight is 333 g/mol. The third kappa shape index (κ3) is 2.63. The van der Waals surface area contributed by atoms with Crippen molar-refractivity contribution in [3.63, 3.8) is 0 Å². The van der Waals surface area contributed by atoms with E-state index < -0.39 is 0 Å². The molecular weight excluding hydrogens is 322 g/mol. The number of phenols is 1. The van der Waals surface area contributed by atoms with Gasteiger partial charge >= 0.3 is 0 Å². The molecule has 0 spiro atoms. The number of nitrogens with zero attached hydrogens (tertiary/aromatic N) is 3. The number of hydrogen-bond donors (Lipinski definition) is 1. The minimum absolute atomic E-state index is 0.223. The van der Waals surface area contributed by atoms with Gasteiger partial charge in [-0.2, -0.15) is 0 Å². The zero-order valence-corrected chi connectivity index (χ0v) is 13.2. The highest BCUT2D eigenvalue weighted by Gasteiger charge is 2.08. The first-order chi connectivity index (χ1) is 11.7. The first-order valence-corrected chi connectivity index (χ1v) is 8.07. The SMILES string of the molecule is O=Cc1cc(-c2ncc3ncc(-c4ccc(O)cc4)cc3n2)cs1. The summed E-state index contributed by atoms with van der Waals surface area (Å²) in [5, 5.41) is 11.3. The second-order valence-electron chi connectivity index (χ2n) is 5.22. The third-order valence-corrected chi connectivity index (χ3v) is 4.49. The summed E-state index contributed by atoms with van der Waals surface area (Å²) in [5.41, 5.74) is 4.10. The molecule has 0 saturated carbocycles. The Balaban J connectivity index is 1.80. The van der Waals surface area contributed by atoms with E-state index in [2.05, 4.69) is 15.0 Å². The second kappa shape index (κ2) is 5.82. The zero-order valence-electron chi connectivity index (χ0n) is 12.4. The quantitative estimate of drug-likeness (QED) is 0.575. The number of hydrogen-bond acceptors (Lipinski definition) is 6. The molecule has 116 valence electrons. The molecule has 0 atom stereocenters. The number of thiophene rings is 1. The van der Waals surface area contributed by atoms with Gasteiger partial charge in [0, 0.05) is 22.7 Å².